The average Bonchev–Trinajstić information content (AvgIpc) is 2.55. The van der Waals surface area contributed by atoms with Gasteiger partial charge < -0.3 is 10.2 Å². The lowest BCUT2D eigenvalue weighted by Gasteiger charge is -2.31. The predicted octanol–water partition coefficient (Wildman–Crippen LogP) is 3.72. The van der Waals surface area contributed by atoms with Gasteiger partial charge in [-0.1, -0.05) is 42.5 Å². The number of hydrogen-bond donors (Lipinski definition) is 1. The summed E-state index contributed by atoms with van der Waals surface area (Å²) in [6.07, 6.45) is 0.991. The third-order valence-corrected chi connectivity index (χ3v) is 4.91. The van der Waals surface area contributed by atoms with Crippen molar-refractivity contribution in [1.29, 1.82) is 0 Å². The minimum Gasteiger partial charge on any atom is -0.362 e. The van der Waals surface area contributed by atoms with Crippen molar-refractivity contribution in [2.45, 2.75) is 11.3 Å². The van der Waals surface area contributed by atoms with E-state index < -0.39 is 0 Å². The van der Waals surface area contributed by atoms with Gasteiger partial charge in [0.1, 0.15) is 0 Å². The molecule has 1 aliphatic heterocycles. The van der Waals surface area contributed by atoms with Gasteiger partial charge in [-0.15, -0.1) is 11.8 Å². The zero-order valence-electron chi connectivity index (χ0n) is 11.8. The summed E-state index contributed by atoms with van der Waals surface area (Å²) >= 11 is 7.47. The van der Waals surface area contributed by atoms with E-state index >= 15 is 0 Å². The van der Waals surface area contributed by atoms with Gasteiger partial charge in [0.25, 0.3) is 0 Å². The third-order valence-electron chi connectivity index (χ3n) is 3.51. The van der Waals surface area contributed by atoms with E-state index in [4.69, 9.17) is 12.2 Å². The fourth-order valence-corrected chi connectivity index (χ4v) is 3.72. The molecule has 2 aromatic carbocycles. The summed E-state index contributed by atoms with van der Waals surface area (Å²) in [5.41, 5.74) is 2.56. The van der Waals surface area contributed by atoms with Crippen molar-refractivity contribution >= 4 is 34.8 Å². The van der Waals surface area contributed by atoms with Crippen molar-refractivity contribution in [2.24, 2.45) is 0 Å². The van der Waals surface area contributed by atoms with E-state index in [2.05, 4.69) is 58.7 Å². The molecule has 3 rings (SSSR count). The molecular weight excluding hydrogens is 296 g/mol. The first kappa shape index (κ1) is 14.4. The molecule has 1 aliphatic rings. The molecule has 0 radical (unpaired) electrons. The topological polar surface area (TPSA) is 15.3 Å². The number of benzene rings is 2. The van der Waals surface area contributed by atoms with Crippen molar-refractivity contribution in [3.63, 3.8) is 0 Å². The molecule has 0 aliphatic carbocycles. The molecule has 108 valence electrons. The molecule has 1 N–H and O–H groups in total. The van der Waals surface area contributed by atoms with Gasteiger partial charge >= 0.3 is 0 Å². The molecule has 0 unspecified atom stereocenters. The number of nitrogens with zero attached hydrogens (tertiary/aromatic N) is 1. The van der Waals surface area contributed by atoms with Crippen molar-refractivity contribution in [2.75, 3.05) is 23.7 Å². The Morgan fingerprint density at radius 1 is 1.10 bits per heavy atom. The quantitative estimate of drug-likeness (QED) is 0.868. The summed E-state index contributed by atoms with van der Waals surface area (Å²) in [6, 6.07) is 19.0. The molecule has 0 amide bonds. The standard InChI is InChI=1S/C17H18N2S2/c20-17(18-11-10-14-6-2-1-3-7-14)19-12-13-21-16-9-5-4-8-15(16)19/h1-9H,10-13H2,(H,18,20). The molecule has 0 fully saturated rings. The molecule has 21 heavy (non-hydrogen) atoms. The first-order valence-corrected chi connectivity index (χ1v) is 8.55. The highest BCUT2D eigenvalue weighted by Crippen LogP contribution is 2.34. The lowest BCUT2D eigenvalue weighted by atomic mass is 10.1. The lowest BCUT2D eigenvalue weighted by Crippen LogP contribution is -2.43. The van der Waals surface area contributed by atoms with Crippen LogP contribution in [0.3, 0.4) is 0 Å². The zero-order chi connectivity index (χ0) is 14.5. The highest BCUT2D eigenvalue weighted by atomic mass is 32.2. The van der Waals surface area contributed by atoms with Crippen molar-refractivity contribution in [3.8, 4) is 0 Å². The molecule has 0 saturated carbocycles. The molecular formula is C17H18N2S2. The average molecular weight is 314 g/mol. The van der Waals surface area contributed by atoms with Crippen LogP contribution >= 0.6 is 24.0 Å². The molecule has 4 heteroatoms. The first-order valence-electron chi connectivity index (χ1n) is 7.16. The zero-order valence-corrected chi connectivity index (χ0v) is 13.4. The van der Waals surface area contributed by atoms with Crippen LogP contribution in [-0.2, 0) is 6.42 Å². The Balaban J connectivity index is 1.59. The largest absolute Gasteiger partial charge is 0.362 e. The predicted molar refractivity (Wildman–Crippen MR) is 95.3 cm³/mol. The van der Waals surface area contributed by atoms with E-state index in [1.807, 2.05) is 17.8 Å². The van der Waals surface area contributed by atoms with Gasteiger partial charge in [0.15, 0.2) is 5.11 Å². The van der Waals surface area contributed by atoms with Crippen LogP contribution in [-0.4, -0.2) is 24.0 Å². The number of thioether (sulfide) groups is 1. The Labute approximate surface area is 135 Å². The Morgan fingerprint density at radius 2 is 1.86 bits per heavy atom. The minimum atomic E-state index is 0.832. The summed E-state index contributed by atoms with van der Waals surface area (Å²) < 4.78 is 0. The molecule has 1 heterocycles. The van der Waals surface area contributed by atoms with E-state index in [0.29, 0.717) is 0 Å². The van der Waals surface area contributed by atoms with Gasteiger partial charge in [0.05, 0.1) is 5.69 Å². The maximum absolute atomic E-state index is 5.57. The van der Waals surface area contributed by atoms with E-state index in [0.717, 1.165) is 30.4 Å². The van der Waals surface area contributed by atoms with Crippen LogP contribution in [0.1, 0.15) is 5.56 Å². The van der Waals surface area contributed by atoms with Gasteiger partial charge in [-0.25, -0.2) is 0 Å². The second-order valence-corrected chi connectivity index (χ2v) is 6.46. The van der Waals surface area contributed by atoms with Crippen LogP contribution in [0.4, 0.5) is 5.69 Å². The Hall–Kier alpha value is -1.52. The molecule has 0 spiro atoms. The smallest absolute Gasteiger partial charge is 0.173 e. The normalized spacial score (nSPS) is 13.6. The van der Waals surface area contributed by atoms with Gasteiger partial charge in [0.2, 0.25) is 0 Å². The van der Waals surface area contributed by atoms with Gasteiger partial charge in [-0.05, 0) is 36.3 Å². The molecule has 0 saturated heterocycles. The third kappa shape index (κ3) is 3.57. The molecule has 2 aromatic rings. The highest BCUT2D eigenvalue weighted by molar-refractivity contribution is 7.99. The summed E-state index contributed by atoms with van der Waals surface area (Å²) in [7, 11) is 0. The summed E-state index contributed by atoms with van der Waals surface area (Å²) in [5.74, 6) is 1.08. The highest BCUT2D eigenvalue weighted by Gasteiger charge is 2.19. The van der Waals surface area contributed by atoms with Crippen LogP contribution in [0.5, 0.6) is 0 Å². The second-order valence-electron chi connectivity index (χ2n) is 4.94. The number of fused-ring (bicyclic) bond motifs is 1. The fraction of sp³-hybridized carbons (Fsp3) is 0.235. The monoisotopic (exact) mass is 314 g/mol. The van der Waals surface area contributed by atoms with Gasteiger partial charge in [-0.2, -0.15) is 0 Å². The van der Waals surface area contributed by atoms with Gasteiger partial charge in [-0.3, -0.25) is 0 Å². The fourth-order valence-electron chi connectivity index (χ4n) is 2.43. The van der Waals surface area contributed by atoms with E-state index in [1.165, 1.54) is 16.1 Å². The van der Waals surface area contributed by atoms with Gasteiger partial charge in [0, 0.05) is 23.7 Å². The molecule has 0 atom stereocenters. The number of hydrogen-bond acceptors (Lipinski definition) is 2. The van der Waals surface area contributed by atoms with Crippen LogP contribution in [0, 0.1) is 0 Å². The molecule has 0 aromatic heterocycles. The summed E-state index contributed by atoms with van der Waals surface area (Å²) in [4.78, 5) is 3.53. The molecule has 0 bridgehead atoms. The van der Waals surface area contributed by atoms with Crippen LogP contribution in [0.15, 0.2) is 59.5 Å². The number of thiocarbonyl (C=S) groups is 1. The minimum absolute atomic E-state index is 0.832. The maximum atomic E-state index is 5.57. The number of anilines is 1. The van der Waals surface area contributed by atoms with Crippen molar-refractivity contribution in [1.82, 2.24) is 5.32 Å². The Morgan fingerprint density at radius 3 is 2.71 bits per heavy atom. The lowest BCUT2D eigenvalue weighted by molar-refractivity contribution is 0.849. The summed E-state index contributed by atoms with van der Waals surface area (Å²) in [5, 5.41) is 4.22. The van der Waals surface area contributed by atoms with E-state index in [-0.39, 0.29) is 0 Å². The maximum Gasteiger partial charge on any atom is 0.173 e. The summed E-state index contributed by atoms with van der Waals surface area (Å²) in [6.45, 7) is 1.84. The second kappa shape index (κ2) is 6.96. The Bertz CT molecular complexity index is 613. The first-order chi connectivity index (χ1) is 10.3. The number of rotatable bonds is 3. The van der Waals surface area contributed by atoms with E-state index in [1.54, 1.807) is 0 Å². The number of para-hydroxylation sites is 1. The van der Waals surface area contributed by atoms with Crippen molar-refractivity contribution in [3.05, 3.63) is 60.2 Å². The van der Waals surface area contributed by atoms with Crippen LogP contribution in [0.2, 0.25) is 0 Å². The van der Waals surface area contributed by atoms with Crippen LogP contribution in [0.25, 0.3) is 0 Å². The SMILES string of the molecule is S=C(NCCc1ccccc1)N1CCSc2ccccc21. The number of nitrogens with one attached hydrogen (secondary N) is 1. The Kier molecular flexibility index (Phi) is 4.78. The van der Waals surface area contributed by atoms with Crippen molar-refractivity contribution < 1.29 is 0 Å². The van der Waals surface area contributed by atoms with E-state index in [9.17, 15) is 0 Å². The van der Waals surface area contributed by atoms with Crippen LogP contribution < -0.4 is 10.2 Å². The molecule has 2 nitrogen and oxygen atoms in total.